The lowest BCUT2D eigenvalue weighted by Gasteiger charge is -2.24. The van der Waals surface area contributed by atoms with Gasteiger partial charge in [0.15, 0.2) is 0 Å². The molecule has 0 heterocycles. The average molecular weight is 440 g/mol. The molecule has 0 aliphatic rings. The van der Waals surface area contributed by atoms with E-state index in [2.05, 4.69) is 57.7 Å². The fraction of sp³-hybridized carbons (Fsp3) is 0.500. The summed E-state index contributed by atoms with van der Waals surface area (Å²) in [4.78, 5) is 12.2. The Hall–Kier alpha value is -0.140. The van der Waals surface area contributed by atoms with Crippen molar-refractivity contribution in [3.05, 3.63) is 31.8 Å². The third-order valence-corrected chi connectivity index (χ3v) is 4.32. The number of amides is 1. The van der Waals surface area contributed by atoms with Crippen LogP contribution in [-0.2, 0) is 4.74 Å². The molecule has 0 aliphatic carbocycles. The molecule has 0 fully saturated rings. The lowest BCUT2D eigenvalue weighted by atomic mass is 9.89. The molecule has 1 aromatic carbocycles. The predicted molar refractivity (Wildman–Crippen MR) is 89.5 cm³/mol. The Morgan fingerprint density at radius 1 is 1.47 bits per heavy atom. The molecule has 0 bridgehead atoms. The summed E-state index contributed by atoms with van der Waals surface area (Å²) in [5, 5.41) is 3.00. The molecule has 1 aromatic rings. The van der Waals surface area contributed by atoms with Crippen LogP contribution in [0.25, 0.3) is 0 Å². The van der Waals surface area contributed by atoms with Gasteiger partial charge in [-0.25, -0.2) is 0 Å². The van der Waals surface area contributed by atoms with E-state index in [1.807, 2.05) is 18.2 Å². The second kappa shape index (κ2) is 7.59. The lowest BCUT2D eigenvalue weighted by Crippen LogP contribution is -2.35. The van der Waals surface area contributed by atoms with E-state index in [-0.39, 0.29) is 11.3 Å². The van der Waals surface area contributed by atoms with Gasteiger partial charge in [0.25, 0.3) is 5.91 Å². The molecule has 0 atom stereocenters. The molecule has 0 aliphatic heterocycles. The van der Waals surface area contributed by atoms with Crippen LogP contribution >= 0.6 is 38.5 Å². The largest absolute Gasteiger partial charge is 0.385 e. The summed E-state index contributed by atoms with van der Waals surface area (Å²) in [6.45, 7) is 5.59. The predicted octanol–water partition coefficient (Wildman–Crippen LogP) is 3.85. The maximum Gasteiger partial charge on any atom is 0.252 e. The fourth-order valence-electron chi connectivity index (χ4n) is 1.55. The third kappa shape index (κ3) is 5.79. The van der Waals surface area contributed by atoms with Crippen molar-refractivity contribution in [2.75, 3.05) is 20.3 Å². The van der Waals surface area contributed by atoms with Crippen molar-refractivity contribution in [1.82, 2.24) is 5.32 Å². The summed E-state index contributed by atoms with van der Waals surface area (Å²) in [6, 6.07) is 5.70. The molecule has 5 heteroatoms. The van der Waals surface area contributed by atoms with Gasteiger partial charge in [-0.1, -0.05) is 29.8 Å². The SMILES string of the molecule is COCCC(C)(C)CNC(=O)c1cc(Br)ccc1I. The number of rotatable bonds is 6. The third-order valence-electron chi connectivity index (χ3n) is 2.88. The van der Waals surface area contributed by atoms with Crippen molar-refractivity contribution < 1.29 is 9.53 Å². The summed E-state index contributed by atoms with van der Waals surface area (Å²) in [5.41, 5.74) is 0.737. The second-order valence-corrected chi connectivity index (χ2v) is 7.29. The van der Waals surface area contributed by atoms with E-state index in [1.165, 1.54) is 0 Å². The van der Waals surface area contributed by atoms with E-state index in [0.29, 0.717) is 18.7 Å². The number of carbonyl (C=O) groups is 1. The maximum atomic E-state index is 12.2. The molecule has 19 heavy (non-hydrogen) atoms. The van der Waals surface area contributed by atoms with Crippen molar-refractivity contribution in [3.8, 4) is 0 Å². The number of halogens is 2. The van der Waals surface area contributed by atoms with Crippen LogP contribution in [0.5, 0.6) is 0 Å². The highest BCUT2D eigenvalue weighted by Gasteiger charge is 2.19. The minimum Gasteiger partial charge on any atom is -0.385 e. The average Bonchev–Trinajstić information content (AvgIpc) is 2.36. The molecule has 0 spiro atoms. The molecule has 106 valence electrons. The minimum atomic E-state index is -0.0313. The van der Waals surface area contributed by atoms with Crippen LogP contribution in [0, 0.1) is 8.99 Å². The zero-order valence-electron chi connectivity index (χ0n) is 11.4. The smallest absolute Gasteiger partial charge is 0.252 e. The van der Waals surface area contributed by atoms with Crippen LogP contribution in [0.2, 0.25) is 0 Å². The highest BCUT2D eigenvalue weighted by molar-refractivity contribution is 14.1. The topological polar surface area (TPSA) is 38.3 Å². The molecule has 0 aromatic heterocycles. The Morgan fingerprint density at radius 3 is 2.79 bits per heavy atom. The fourth-order valence-corrected chi connectivity index (χ4v) is 2.49. The van der Waals surface area contributed by atoms with E-state index < -0.39 is 0 Å². The van der Waals surface area contributed by atoms with Gasteiger partial charge in [-0.15, -0.1) is 0 Å². The Bertz CT molecular complexity index is 449. The lowest BCUT2D eigenvalue weighted by molar-refractivity contribution is 0.0920. The Morgan fingerprint density at radius 2 is 2.16 bits per heavy atom. The van der Waals surface area contributed by atoms with Crippen molar-refractivity contribution in [1.29, 1.82) is 0 Å². The second-order valence-electron chi connectivity index (χ2n) is 5.21. The zero-order valence-corrected chi connectivity index (χ0v) is 15.2. The van der Waals surface area contributed by atoms with Crippen molar-refractivity contribution >= 4 is 44.4 Å². The Labute approximate surface area is 136 Å². The van der Waals surface area contributed by atoms with Gasteiger partial charge >= 0.3 is 0 Å². The maximum absolute atomic E-state index is 12.2. The molecule has 0 radical (unpaired) electrons. The van der Waals surface area contributed by atoms with E-state index in [1.54, 1.807) is 7.11 Å². The summed E-state index contributed by atoms with van der Waals surface area (Å²) < 4.78 is 6.95. The monoisotopic (exact) mass is 439 g/mol. The van der Waals surface area contributed by atoms with Gasteiger partial charge in [0.05, 0.1) is 5.56 Å². The number of nitrogens with one attached hydrogen (secondary N) is 1. The van der Waals surface area contributed by atoms with Gasteiger partial charge in [-0.05, 0) is 52.6 Å². The van der Waals surface area contributed by atoms with Gasteiger partial charge in [0.1, 0.15) is 0 Å². The van der Waals surface area contributed by atoms with Crippen molar-refractivity contribution in [2.45, 2.75) is 20.3 Å². The molecular weight excluding hydrogens is 421 g/mol. The van der Waals surface area contributed by atoms with Gasteiger partial charge < -0.3 is 10.1 Å². The van der Waals surface area contributed by atoms with Crippen LogP contribution in [0.15, 0.2) is 22.7 Å². The molecule has 0 saturated carbocycles. The summed E-state index contributed by atoms with van der Waals surface area (Å²) >= 11 is 5.56. The first-order chi connectivity index (χ1) is 8.85. The zero-order chi connectivity index (χ0) is 14.5. The van der Waals surface area contributed by atoms with Crippen LogP contribution < -0.4 is 5.32 Å². The summed E-state index contributed by atoms with van der Waals surface area (Å²) in [5.74, 6) is -0.0313. The molecule has 3 nitrogen and oxygen atoms in total. The first-order valence-electron chi connectivity index (χ1n) is 6.08. The van der Waals surface area contributed by atoms with Crippen LogP contribution in [0.4, 0.5) is 0 Å². The highest BCUT2D eigenvalue weighted by atomic mass is 127. The number of carbonyl (C=O) groups excluding carboxylic acids is 1. The van der Waals surface area contributed by atoms with Crippen molar-refractivity contribution in [3.63, 3.8) is 0 Å². The highest BCUT2D eigenvalue weighted by Crippen LogP contribution is 2.21. The summed E-state index contributed by atoms with van der Waals surface area (Å²) in [7, 11) is 1.69. The van der Waals surface area contributed by atoms with Crippen LogP contribution in [0.1, 0.15) is 30.6 Å². The number of benzene rings is 1. The van der Waals surface area contributed by atoms with E-state index in [4.69, 9.17) is 4.74 Å². The quantitative estimate of drug-likeness (QED) is 0.683. The van der Waals surface area contributed by atoms with Gasteiger partial charge in [0.2, 0.25) is 0 Å². The van der Waals surface area contributed by atoms with Gasteiger partial charge in [-0.2, -0.15) is 0 Å². The first kappa shape index (κ1) is 16.9. The molecular formula is C14H19BrINO2. The molecule has 1 rings (SSSR count). The number of methoxy groups -OCH3 is 1. The van der Waals surface area contributed by atoms with Crippen LogP contribution in [0.3, 0.4) is 0 Å². The van der Waals surface area contributed by atoms with Gasteiger partial charge in [-0.3, -0.25) is 4.79 Å². The first-order valence-corrected chi connectivity index (χ1v) is 7.95. The van der Waals surface area contributed by atoms with E-state index >= 15 is 0 Å². The number of hydrogen-bond donors (Lipinski definition) is 1. The minimum absolute atomic E-state index is 0.0309. The van der Waals surface area contributed by atoms with E-state index in [0.717, 1.165) is 14.5 Å². The van der Waals surface area contributed by atoms with E-state index in [9.17, 15) is 4.79 Å². The normalized spacial score (nSPS) is 11.4. The van der Waals surface area contributed by atoms with Crippen LogP contribution in [-0.4, -0.2) is 26.2 Å². The Kier molecular flexibility index (Phi) is 6.76. The Balaban J connectivity index is 2.62. The molecule has 0 saturated heterocycles. The van der Waals surface area contributed by atoms with Crippen molar-refractivity contribution in [2.24, 2.45) is 5.41 Å². The molecule has 1 N–H and O–H groups in total. The van der Waals surface area contributed by atoms with Gasteiger partial charge in [0, 0.05) is 28.3 Å². The standard InChI is InChI=1S/C14H19BrINO2/c1-14(2,6-7-19-3)9-17-13(18)11-8-10(15)4-5-12(11)16/h4-5,8H,6-7,9H2,1-3H3,(H,17,18). The molecule has 1 amide bonds. The molecule has 0 unspecified atom stereocenters. The summed E-state index contributed by atoms with van der Waals surface area (Å²) in [6.07, 6.45) is 0.916. The number of ether oxygens (including phenoxy) is 1. The number of hydrogen-bond acceptors (Lipinski definition) is 2.